The topological polar surface area (TPSA) is 32.3 Å². The fourth-order valence-electron chi connectivity index (χ4n) is 1.78. The number of hydrogen-bond acceptors (Lipinski definition) is 1. The number of nitrogens with one attached hydrogen (secondary N) is 1. The number of carbonyl (C=O) groups is 1. The number of urea groups is 1. The highest BCUT2D eigenvalue weighted by atomic mass is 35.5. The largest absolute Gasteiger partial charge is 0.331 e. The summed E-state index contributed by atoms with van der Waals surface area (Å²) >= 11 is 12.0. The van der Waals surface area contributed by atoms with Crippen LogP contribution in [-0.2, 0) is 5.54 Å². The van der Waals surface area contributed by atoms with Crippen molar-refractivity contribution in [2.45, 2.75) is 18.4 Å². The monoisotopic (exact) mass is 272 g/mol. The molecule has 1 aromatic carbocycles. The van der Waals surface area contributed by atoms with E-state index in [9.17, 15) is 4.79 Å². The van der Waals surface area contributed by atoms with Crippen LogP contribution in [0.3, 0.4) is 0 Å². The molecule has 1 fully saturated rings. The molecule has 1 aromatic rings. The molecule has 0 aromatic heterocycles. The van der Waals surface area contributed by atoms with Gasteiger partial charge in [0, 0.05) is 24.1 Å². The molecular weight excluding hydrogens is 259 g/mol. The standard InChI is InChI=1S/C12H14Cl2N2O/c1-16(2)11(17)15-12(5-6-12)9-4-3-8(13)7-10(9)14/h3-4,7H,5-6H2,1-2H3,(H,15,17). The first kappa shape index (κ1) is 12.5. The van der Waals surface area contributed by atoms with Crippen molar-refractivity contribution in [1.82, 2.24) is 10.2 Å². The fourth-order valence-corrected chi connectivity index (χ4v) is 2.37. The fraction of sp³-hybridized carbons (Fsp3) is 0.417. The van der Waals surface area contributed by atoms with Gasteiger partial charge in [-0.15, -0.1) is 0 Å². The molecule has 0 aliphatic heterocycles. The highest BCUT2D eigenvalue weighted by Gasteiger charge is 2.47. The number of carbonyl (C=O) groups excluding carboxylic acids is 1. The van der Waals surface area contributed by atoms with Crippen molar-refractivity contribution >= 4 is 29.2 Å². The van der Waals surface area contributed by atoms with Gasteiger partial charge in [0.05, 0.1) is 5.54 Å². The second kappa shape index (κ2) is 4.39. The van der Waals surface area contributed by atoms with Gasteiger partial charge in [0.25, 0.3) is 0 Å². The van der Waals surface area contributed by atoms with Gasteiger partial charge in [-0.05, 0) is 30.5 Å². The maximum atomic E-state index is 11.7. The molecule has 0 atom stereocenters. The zero-order valence-electron chi connectivity index (χ0n) is 9.76. The SMILES string of the molecule is CN(C)C(=O)NC1(c2ccc(Cl)cc2Cl)CC1. The van der Waals surface area contributed by atoms with Crippen molar-refractivity contribution in [2.75, 3.05) is 14.1 Å². The molecule has 0 radical (unpaired) electrons. The third kappa shape index (κ3) is 2.50. The Kier molecular flexibility index (Phi) is 3.23. The zero-order valence-corrected chi connectivity index (χ0v) is 11.3. The minimum Gasteiger partial charge on any atom is -0.331 e. The number of halogens is 2. The molecule has 1 saturated carbocycles. The normalized spacial score (nSPS) is 16.5. The maximum Gasteiger partial charge on any atom is 0.317 e. The number of amides is 2. The summed E-state index contributed by atoms with van der Waals surface area (Å²) < 4.78 is 0. The van der Waals surface area contributed by atoms with Crippen LogP contribution in [0.5, 0.6) is 0 Å². The van der Waals surface area contributed by atoms with Gasteiger partial charge in [-0.1, -0.05) is 29.3 Å². The van der Waals surface area contributed by atoms with Crippen LogP contribution in [0, 0.1) is 0 Å². The second-order valence-corrected chi connectivity index (χ2v) is 5.37. The lowest BCUT2D eigenvalue weighted by Gasteiger charge is -2.22. The van der Waals surface area contributed by atoms with Crippen LogP contribution in [0.4, 0.5) is 4.79 Å². The predicted molar refractivity (Wildman–Crippen MR) is 69.6 cm³/mol. The van der Waals surface area contributed by atoms with Crippen molar-refractivity contribution in [2.24, 2.45) is 0 Å². The van der Waals surface area contributed by atoms with Crippen molar-refractivity contribution in [1.29, 1.82) is 0 Å². The Morgan fingerprint density at radius 1 is 1.35 bits per heavy atom. The van der Waals surface area contributed by atoms with Crippen LogP contribution in [0.15, 0.2) is 18.2 Å². The smallest absolute Gasteiger partial charge is 0.317 e. The van der Waals surface area contributed by atoms with E-state index in [0.29, 0.717) is 10.0 Å². The third-order valence-electron chi connectivity index (χ3n) is 2.95. The molecule has 92 valence electrons. The summed E-state index contributed by atoms with van der Waals surface area (Å²) in [6.45, 7) is 0. The van der Waals surface area contributed by atoms with Crippen LogP contribution in [0.25, 0.3) is 0 Å². The van der Waals surface area contributed by atoms with E-state index in [-0.39, 0.29) is 11.6 Å². The van der Waals surface area contributed by atoms with E-state index in [0.717, 1.165) is 18.4 Å². The first-order chi connectivity index (χ1) is 7.94. The average Bonchev–Trinajstić information content (AvgIpc) is 2.98. The van der Waals surface area contributed by atoms with E-state index < -0.39 is 0 Å². The predicted octanol–water partition coefficient (Wildman–Crippen LogP) is 3.25. The average molecular weight is 273 g/mol. The van der Waals surface area contributed by atoms with Crippen LogP contribution in [0.1, 0.15) is 18.4 Å². The van der Waals surface area contributed by atoms with Gasteiger partial charge in [0.15, 0.2) is 0 Å². The molecule has 0 bridgehead atoms. The minimum absolute atomic E-state index is 0.103. The van der Waals surface area contributed by atoms with Crippen LogP contribution < -0.4 is 5.32 Å². The molecule has 5 heteroatoms. The number of nitrogens with zero attached hydrogens (tertiary/aromatic N) is 1. The van der Waals surface area contributed by atoms with Gasteiger partial charge in [-0.3, -0.25) is 0 Å². The Labute approximate surface area is 111 Å². The molecule has 0 saturated heterocycles. The van der Waals surface area contributed by atoms with Crippen LogP contribution >= 0.6 is 23.2 Å². The molecule has 0 unspecified atom stereocenters. The second-order valence-electron chi connectivity index (χ2n) is 4.53. The van der Waals surface area contributed by atoms with Crippen LogP contribution in [-0.4, -0.2) is 25.0 Å². The summed E-state index contributed by atoms with van der Waals surface area (Å²) in [5.41, 5.74) is 0.641. The van der Waals surface area contributed by atoms with E-state index >= 15 is 0 Å². The first-order valence-corrected chi connectivity index (χ1v) is 6.15. The zero-order chi connectivity index (χ0) is 12.6. The van der Waals surface area contributed by atoms with Gasteiger partial charge >= 0.3 is 6.03 Å². The van der Waals surface area contributed by atoms with E-state index in [1.807, 2.05) is 6.07 Å². The lowest BCUT2D eigenvalue weighted by atomic mass is 10.1. The summed E-state index contributed by atoms with van der Waals surface area (Å²) in [6, 6.07) is 5.28. The van der Waals surface area contributed by atoms with E-state index in [4.69, 9.17) is 23.2 Å². The highest BCUT2D eigenvalue weighted by molar-refractivity contribution is 6.35. The quantitative estimate of drug-likeness (QED) is 0.881. The van der Waals surface area contributed by atoms with Gasteiger partial charge in [-0.2, -0.15) is 0 Å². The summed E-state index contributed by atoms with van der Waals surface area (Å²) in [5.74, 6) is 0. The van der Waals surface area contributed by atoms with Gasteiger partial charge in [0.1, 0.15) is 0 Å². The molecule has 3 nitrogen and oxygen atoms in total. The van der Waals surface area contributed by atoms with Crippen LogP contribution in [0.2, 0.25) is 10.0 Å². The van der Waals surface area contributed by atoms with Crippen molar-refractivity contribution in [3.63, 3.8) is 0 Å². The first-order valence-electron chi connectivity index (χ1n) is 5.40. The lowest BCUT2D eigenvalue weighted by Crippen LogP contribution is -2.41. The molecule has 1 N–H and O–H groups in total. The summed E-state index contributed by atoms with van der Waals surface area (Å²) in [6.07, 6.45) is 1.82. The summed E-state index contributed by atoms with van der Waals surface area (Å²) in [7, 11) is 3.43. The number of rotatable bonds is 2. The van der Waals surface area contributed by atoms with Crippen molar-refractivity contribution in [3.8, 4) is 0 Å². The molecule has 1 aliphatic carbocycles. The van der Waals surface area contributed by atoms with Crippen molar-refractivity contribution < 1.29 is 4.79 Å². The molecule has 1 aliphatic rings. The molecule has 2 rings (SSSR count). The summed E-state index contributed by atoms with van der Waals surface area (Å²) in [5, 5.41) is 4.21. The Bertz CT molecular complexity index is 456. The highest BCUT2D eigenvalue weighted by Crippen LogP contribution is 2.48. The molecule has 2 amide bonds. The molecule has 0 spiro atoms. The Balaban J connectivity index is 2.24. The molecule has 17 heavy (non-hydrogen) atoms. The minimum atomic E-state index is -0.303. The number of hydrogen-bond donors (Lipinski definition) is 1. The lowest BCUT2D eigenvalue weighted by molar-refractivity contribution is 0.212. The Morgan fingerprint density at radius 2 is 2.00 bits per heavy atom. The Morgan fingerprint density at radius 3 is 2.47 bits per heavy atom. The van der Waals surface area contributed by atoms with E-state index in [1.54, 1.807) is 26.2 Å². The Hall–Kier alpha value is -0.930. The maximum absolute atomic E-state index is 11.7. The van der Waals surface area contributed by atoms with Gasteiger partial charge < -0.3 is 10.2 Å². The van der Waals surface area contributed by atoms with E-state index in [1.165, 1.54) is 4.90 Å². The van der Waals surface area contributed by atoms with Crippen molar-refractivity contribution in [3.05, 3.63) is 33.8 Å². The molecule has 0 heterocycles. The van der Waals surface area contributed by atoms with Gasteiger partial charge in [0.2, 0.25) is 0 Å². The van der Waals surface area contributed by atoms with E-state index in [2.05, 4.69) is 5.32 Å². The number of benzene rings is 1. The molecular formula is C12H14Cl2N2O. The third-order valence-corrected chi connectivity index (χ3v) is 3.50. The summed E-state index contributed by atoms with van der Waals surface area (Å²) in [4.78, 5) is 13.2. The van der Waals surface area contributed by atoms with Gasteiger partial charge in [-0.25, -0.2) is 4.79 Å².